The average Bonchev–Trinajstić information content (AvgIpc) is 2.31. The van der Waals surface area contributed by atoms with Gasteiger partial charge in [-0.15, -0.1) is 0 Å². The molecule has 0 bridgehead atoms. The minimum atomic E-state index is -0.320. The fourth-order valence-corrected chi connectivity index (χ4v) is 3.00. The topological polar surface area (TPSA) is 18.5 Å². The second-order valence-corrected chi connectivity index (χ2v) is 6.78. The van der Waals surface area contributed by atoms with E-state index in [0.717, 1.165) is 19.4 Å². The maximum atomic E-state index is 6.42. The Morgan fingerprint density at radius 1 is 1.17 bits per heavy atom. The molecular weight excluding hydrogens is 224 g/mol. The predicted octanol–water partition coefficient (Wildman–Crippen LogP) is 4.77. The fourth-order valence-electron chi connectivity index (χ4n) is 3.00. The minimum Gasteiger partial charge on any atom is -0.349 e. The standard InChI is InChI=1S/C16H32O2/c1-7-9-10-11-16(8-2)17-12-15(5,6)14(18-16)13(3)4/h13-14H,7-12H2,1-6H3/t14-,16+/m1/s1. The van der Waals surface area contributed by atoms with Crippen molar-refractivity contribution >= 4 is 0 Å². The SMILES string of the molecule is CCCCC[C@@]1(CC)OCC(C)(C)[C@@H](C(C)C)O1. The molecule has 0 aromatic heterocycles. The Hall–Kier alpha value is -0.0800. The molecule has 1 aliphatic rings. The highest BCUT2D eigenvalue weighted by Crippen LogP contribution is 2.42. The van der Waals surface area contributed by atoms with Crippen LogP contribution in [-0.2, 0) is 9.47 Å². The van der Waals surface area contributed by atoms with Crippen molar-refractivity contribution in [3.05, 3.63) is 0 Å². The highest BCUT2D eigenvalue weighted by atomic mass is 16.7. The van der Waals surface area contributed by atoms with Gasteiger partial charge in [0.1, 0.15) is 0 Å². The Kier molecular flexibility index (Phi) is 5.67. The van der Waals surface area contributed by atoms with Crippen LogP contribution in [0.4, 0.5) is 0 Å². The van der Waals surface area contributed by atoms with Gasteiger partial charge in [-0.3, -0.25) is 0 Å². The number of rotatable bonds is 6. The zero-order valence-electron chi connectivity index (χ0n) is 13.2. The lowest BCUT2D eigenvalue weighted by Gasteiger charge is -2.50. The molecule has 0 aromatic carbocycles. The number of ether oxygens (including phenoxy) is 2. The smallest absolute Gasteiger partial charge is 0.168 e. The normalized spacial score (nSPS) is 31.8. The summed E-state index contributed by atoms with van der Waals surface area (Å²) in [5.41, 5.74) is 0.123. The molecule has 0 amide bonds. The second-order valence-electron chi connectivity index (χ2n) is 6.78. The van der Waals surface area contributed by atoms with Crippen molar-refractivity contribution < 1.29 is 9.47 Å². The van der Waals surface area contributed by atoms with Gasteiger partial charge in [-0.2, -0.15) is 0 Å². The van der Waals surface area contributed by atoms with Crippen molar-refractivity contribution in [2.24, 2.45) is 11.3 Å². The molecule has 108 valence electrons. The van der Waals surface area contributed by atoms with Gasteiger partial charge < -0.3 is 9.47 Å². The van der Waals surface area contributed by atoms with Crippen LogP contribution >= 0.6 is 0 Å². The number of hydrogen-bond acceptors (Lipinski definition) is 2. The van der Waals surface area contributed by atoms with Gasteiger partial charge in [0, 0.05) is 11.8 Å². The van der Waals surface area contributed by atoms with E-state index in [-0.39, 0.29) is 11.2 Å². The Bertz CT molecular complexity index is 247. The molecule has 0 unspecified atom stereocenters. The Labute approximate surface area is 113 Å². The first-order valence-electron chi connectivity index (χ1n) is 7.68. The van der Waals surface area contributed by atoms with E-state index in [1.54, 1.807) is 0 Å². The van der Waals surface area contributed by atoms with Crippen LogP contribution in [0.25, 0.3) is 0 Å². The molecule has 0 spiro atoms. The van der Waals surface area contributed by atoms with E-state index in [1.165, 1.54) is 19.3 Å². The molecule has 1 saturated heterocycles. The fraction of sp³-hybridized carbons (Fsp3) is 1.00. The Balaban J connectivity index is 2.71. The lowest BCUT2D eigenvalue weighted by atomic mass is 9.79. The van der Waals surface area contributed by atoms with Crippen molar-refractivity contribution in [3.8, 4) is 0 Å². The molecule has 2 heteroatoms. The summed E-state index contributed by atoms with van der Waals surface area (Å²) in [6, 6.07) is 0. The van der Waals surface area contributed by atoms with Crippen molar-refractivity contribution in [2.75, 3.05) is 6.61 Å². The van der Waals surface area contributed by atoms with Gasteiger partial charge in [-0.05, 0) is 18.8 Å². The Morgan fingerprint density at radius 3 is 2.33 bits per heavy atom. The van der Waals surface area contributed by atoms with E-state index in [4.69, 9.17) is 9.47 Å². The van der Waals surface area contributed by atoms with Crippen LogP contribution in [0, 0.1) is 11.3 Å². The monoisotopic (exact) mass is 256 g/mol. The quantitative estimate of drug-likeness (QED) is 0.637. The van der Waals surface area contributed by atoms with Crippen LogP contribution in [0.1, 0.15) is 73.6 Å². The molecule has 0 radical (unpaired) electrons. The Morgan fingerprint density at radius 2 is 1.83 bits per heavy atom. The highest BCUT2D eigenvalue weighted by molar-refractivity contribution is 4.89. The summed E-state index contributed by atoms with van der Waals surface area (Å²) in [7, 11) is 0. The summed E-state index contributed by atoms with van der Waals surface area (Å²) in [6.45, 7) is 14.2. The summed E-state index contributed by atoms with van der Waals surface area (Å²) in [4.78, 5) is 0. The van der Waals surface area contributed by atoms with Gasteiger partial charge in [-0.25, -0.2) is 0 Å². The van der Waals surface area contributed by atoms with E-state index < -0.39 is 0 Å². The molecule has 0 saturated carbocycles. The molecule has 0 aliphatic carbocycles. The molecule has 18 heavy (non-hydrogen) atoms. The molecule has 1 fully saturated rings. The average molecular weight is 256 g/mol. The van der Waals surface area contributed by atoms with Gasteiger partial charge >= 0.3 is 0 Å². The van der Waals surface area contributed by atoms with Crippen LogP contribution < -0.4 is 0 Å². The van der Waals surface area contributed by atoms with Gasteiger partial charge in [0.15, 0.2) is 5.79 Å². The number of hydrogen-bond donors (Lipinski definition) is 0. The molecular formula is C16H32O2. The van der Waals surface area contributed by atoms with Crippen LogP contribution in [0.15, 0.2) is 0 Å². The molecule has 1 heterocycles. The largest absolute Gasteiger partial charge is 0.349 e. The summed E-state index contributed by atoms with van der Waals surface area (Å²) in [5.74, 6) is 0.223. The third-order valence-electron chi connectivity index (χ3n) is 4.12. The van der Waals surface area contributed by atoms with Crippen molar-refractivity contribution in [2.45, 2.75) is 85.5 Å². The van der Waals surface area contributed by atoms with Crippen LogP contribution in [0.5, 0.6) is 0 Å². The molecule has 2 atom stereocenters. The maximum Gasteiger partial charge on any atom is 0.168 e. The van der Waals surface area contributed by atoms with Crippen molar-refractivity contribution in [3.63, 3.8) is 0 Å². The predicted molar refractivity (Wildman–Crippen MR) is 76.6 cm³/mol. The van der Waals surface area contributed by atoms with Crippen LogP contribution in [0.3, 0.4) is 0 Å². The highest BCUT2D eigenvalue weighted by Gasteiger charge is 2.46. The van der Waals surface area contributed by atoms with E-state index in [1.807, 2.05) is 0 Å². The summed E-state index contributed by atoms with van der Waals surface area (Å²) in [5, 5.41) is 0. The third-order valence-corrected chi connectivity index (χ3v) is 4.12. The van der Waals surface area contributed by atoms with Gasteiger partial charge in [0.05, 0.1) is 12.7 Å². The van der Waals surface area contributed by atoms with Gasteiger partial charge in [0.25, 0.3) is 0 Å². The zero-order chi connectivity index (χ0) is 13.8. The summed E-state index contributed by atoms with van der Waals surface area (Å²) in [6.07, 6.45) is 6.01. The van der Waals surface area contributed by atoms with Gasteiger partial charge in [0.2, 0.25) is 0 Å². The molecule has 2 nitrogen and oxygen atoms in total. The van der Waals surface area contributed by atoms with E-state index in [0.29, 0.717) is 12.0 Å². The van der Waals surface area contributed by atoms with Crippen molar-refractivity contribution in [1.82, 2.24) is 0 Å². The summed E-state index contributed by atoms with van der Waals surface area (Å²) >= 11 is 0. The van der Waals surface area contributed by atoms with Crippen LogP contribution in [-0.4, -0.2) is 18.5 Å². The van der Waals surface area contributed by atoms with E-state index in [9.17, 15) is 0 Å². The zero-order valence-corrected chi connectivity index (χ0v) is 13.2. The summed E-state index contributed by atoms with van der Waals surface area (Å²) < 4.78 is 12.6. The van der Waals surface area contributed by atoms with E-state index in [2.05, 4.69) is 41.5 Å². The second kappa shape index (κ2) is 6.38. The lowest BCUT2D eigenvalue weighted by Crippen LogP contribution is -2.54. The first-order valence-corrected chi connectivity index (χ1v) is 7.68. The maximum absolute atomic E-state index is 6.42. The molecule has 1 aliphatic heterocycles. The van der Waals surface area contributed by atoms with Crippen molar-refractivity contribution in [1.29, 1.82) is 0 Å². The van der Waals surface area contributed by atoms with E-state index >= 15 is 0 Å². The number of unbranched alkanes of at least 4 members (excludes halogenated alkanes) is 2. The molecule has 0 N–H and O–H groups in total. The van der Waals surface area contributed by atoms with Gasteiger partial charge in [-0.1, -0.05) is 54.4 Å². The molecule has 1 rings (SSSR count). The first kappa shape index (κ1) is 16.0. The lowest BCUT2D eigenvalue weighted by molar-refractivity contribution is -0.340. The minimum absolute atomic E-state index is 0.123. The first-order chi connectivity index (χ1) is 8.37. The third kappa shape index (κ3) is 3.71. The van der Waals surface area contributed by atoms with Crippen LogP contribution in [0.2, 0.25) is 0 Å². The molecule has 0 aromatic rings.